The van der Waals surface area contributed by atoms with Gasteiger partial charge in [-0.05, 0) is 130 Å². The smallest absolute Gasteiger partial charge is 1.00 e. The third-order valence-electron chi connectivity index (χ3n) is 15.8. The second-order valence-electron chi connectivity index (χ2n) is 22.2. The predicted molar refractivity (Wildman–Crippen MR) is 389 cm³/mol. The predicted octanol–water partition coefficient (Wildman–Crippen LogP) is 21.4. The summed E-state index contributed by atoms with van der Waals surface area (Å²) in [6, 6.07) is 81.3. The van der Waals surface area contributed by atoms with Crippen molar-refractivity contribution < 1.29 is 32.1 Å². The molecular formula is C79H69BrMgO6S4. The Labute approximate surface area is 576 Å². The standard InChI is InChI=1S/C48H40O2S2.C24H20O4S2.C7H7Br.Mg.2H/c1-31-13-21-35(22-14-31)47(49,36-23-15-32(2)16-24-36)41-11-7-5-9-39(41)43-29-45-46(51-43)30-44(52-45)40-10-6-8-12-42(40)48(50,37-25-17-33(3)18-26-37)38-27-19-34(4)20-28-38;1-3-27-23(25)17-11-7-5-9-15(17)19-13-21-22(29-19)14-20(30-21)16-10-6-8-12-18(16)24(26)28-4-2;1-6-2-4-7(8)5-3-6;;;/h5-30,49-50H,1-4H3;5-14H,3-4H2,1-2H3;2-5H,1H3;;;/q;;;+2;2*-1. The molecule has 4 aromatic heterocycles. The van der Waals surface area contributed by atoms with Gasteiger partial charge in [-0.3, -0.25) is 0 Å². The maximum Gasteiger partial charge on any atom is 2.00 e. The van der Waals surface area contributed by atoms with E-state index in [0.29, 0.717) is 24.3 Å². The molecular weight excluding hydrogens is 1280 g/mol. The van der Waals surface area contributed by atoms with Crippen LogP contribution in [-0.4, -0.2) is 58.4 Å². The van der Waals surface area contributed by atoms with E-state index in [4.69, 9.17) is 9.47 Å². The van der Waals surface area contributed by atoms with Gasteiger partial charge in [-0.25, -0.2) is 9.59 Å². The molecule has 6 nitrogen and oxygen atoms in total. The number of halogens is 1. The molecule has 2 N–H and O–H groups in total. The zero-order chi connectivity index (χ0) is 63.1. The maximum atomic E-state index is 12.9. The third-order valence-corrected chi connectivity index (χ3v) is 21.1. The molecule has 0 radical (unpaired) electrons. The number of rotatable bonds is 14. The van der Waals surface area contributed by atoms with Crippen LogP contribution in [0.1, 0.15) is 98.6 Å². The average molecular weight is 1350 g/mol. The molecule has 0 saturated carbocycles. The van der Waals surface area contributed by atoms with Gasteiger partial charge >= 0.3 is 35.0 Å². The quantitative estimate of drug-likeness (QED) is 0.0640. The van der Waals surface area contributed by atoms with Gasteiger partial charge in [0.05, 0.1) is 24.3 Å². The van der Waals surface area contributed by atoms with Crippen molar-refractivity contribution in [3.8, 4) is 41.8 Å². The number of thiophene rings is 4. The molecule has 12 heteroatoms. The molecule has 0 spiro atoms. The Morgan fingerprint density at radius 2 is 0.615 bits per heavy atom. The molecule has 13 aromatic rings. The summed E-state index contributed by atoms with van der Waals surface area (Å²) < 4.78 is 16.1. The van der Waals surface area contributed by atoms with Crippen LogP contribution in [0.3, 0.4) is 0 Å². The van der Waals surface area contributed by atoms with Crippen LogP contribution in [0.5, 0.6) is 0 Å². The van der Waals surface area contributed by atoms with Gasteiger partial charge in [0.2, 0.25) is 0 Å². The van der Waals surface area contributed by atoms with Gasteiger partial charge in [0.25, 0.3) is 0 Å². The average Bonchev–Trinajstić information content (AvgIpc) is 1.69. The van der Waals surface area contributed by atoms with Crippen molar-refractivity contribution in [2.24, 2.45) is 0 Å². The van der Waals surface area contributed by atoms with Crippen LogP contribution in [0.25, 0.3) is 60.6 Å². The second kappa shape index (κ2) is 29.3. The van der Waals surface area contributed by atoms with E-state index in [1.807, 2.05) is 109 Å². The van der Waals surface area contributed by atoms with Crippen molar-refractivity contribution in [3.63, 3.8) is 0 Å². The molecule has 9 aromatic carbocycles. The Hall–Kier alpha value is -7.59. The van der Waals surface area contributed by atoms with Crippen molar-refractivity contribution in [3.05, 3.63) is 319 Å². The number of esters is 2. The first kappa shape index (κ1) is 66.3. The molecule has 0 atom stereocenters. The van der Waals surface area contributed by atoms with Gasteiger partial charge in [0, 0.05) is 65.0 Å². The molecule has 0 aliphatic carbocycles. The number of aliphatic hydroxyl groups is 2. The molecule has 0 aliphatic heterocycles. The Balaban J connectivity index is 0.000000229. The van der Waals surface area contributed by atoms with Gasteiger partial charge in [-0.15, -0.1) is 45.3 Å². The summed E-state index contributed by atoms with van der Waals surface area (Å²) in [5, 5.41) is 25.8. The van der Waals surface area contributed by atoms with Crippen molar-refractivity contribution in [1.29, 1.82) is 0 Å². The minimum absolute atomic E-state index is 0. The van der Waals surface area contributed by atoms with Crippen LogP contribution in [0.2, 0.25) is 0 Å². The van der Waals surface area contributed by atoms with E-state index in [-0.39, 0.29) is 37.8 Å². The molecule has 13 rings (SSSR count). The molecule has 4 heterocycles. The zero-order valence-electron chi connectivity index (χ0n) is 53.8. The molecule has 0 unspecified atom stereocenters. The van der Waals surface area contributed by atoms with Crippen molar-refractivity contribution in [2.75, 3.05) is 13.2 Å². The summed E-state index contributed by atoms with van der Waals surface area (Å²) in [7, 11) is 0. The maximum absolute atomic E-state index is 12.9. The fraction of sp³-hybridized carbons (Fsp3) is 0.139. The molecule has 0 bridgehead atoms. The van der Waals surface area contributed by atoms with Crippen LogP contribution in [0.4, 0.5) is 0 Å². The number of carbonyl (C=O) groups excluding carboxylic acids is 2. The summed E-state index contributed by atoms with van der Waals surface area (Å²) >= 11 is 10.1. The Kier molecular flexibility index (Phi) is 21.4. The summed E-state index contributed by atoms with van der Waals surface area (Å²) in [5.41, 5.74) is 13.1. The molecule has 0 aliphatic rings. The number of ether oxygens (including phenoxy) is 2. The van der Waals surface area contributed by atoms with Gasteiger partial charge in [0.1, 0.15) is 11.2 Å². The number of benzene rings is 9. The van der Waals surface area contributed by atoms with Gasteiger partial charge in [-0.2, -0.15) is 0 Å². The first-order chi connectivity index (χ1) is 43.5. The van der Waals surface area contributed by atoms with Crippen LogP contribution in [-0.2, 0) is 20.7 Å². The van der Waals surface area contributed by atoms with Crippen LogP contribution < -0.4 is 0 Å². The number of hydrogen-bond acceptors (Lipinski definition) is 10. The van der Waals surface area contributed by atoms with E-state index in [1.165, 1.54) is 15.0 Å². The number of carbonyl (C=O) groups is 2. The fourth-order valence-corrected chi connectivity index (χ4v) is 16.3. The minimum atomic E-state index is -1.35. The molecule has 0 amide bonds. The normalized spacial score (nSPS) is 11.3. The molecule has 0 saturated heterocycles. The largest absolute Gasteiger partial charge is 2.00 e. The molecule has 454 valence electrons. The van der Waals surface area contributed by atoms with Crippen molar-refractivity contribution >= 4 is 115 Å². The Bertz CT molecular complexity index is 4210. The van der Waals surface area contributed by atoms with Gasteiger partial charge < -0.3 is 22.5 Å². The van der Waals surface area contributed by atoms with Gasteiger partial charge in [0.15, 0.2) is 0 Å². The summed E-state index contributed by atoms with van der Waals surface area (Å²) in [5.74, 6) is -0.622. The van der Waals surface area contributed by atoms with Gasteiger partial charge in [-0.1, -0.05) is 238 Å². The summed E-state index contributed by atoms with van der Waals surface area (Å²) in [6.07, 6.45) is 0. The summed E-state index contributed by atoms with van der Waals surface area (Å²) in [4.78, 5) is 28.9. The van der Waals surface area contributed by atoms with Crippen LogP contribution >= 0.6 is 61.3 Å². The fourth-order valence-electron chi connectivity index (χ4n) is 11.1. The second-order valence-corrected chi connectivity index (χ2v) is 27.5. The van der Waals surface area contributed by atoms with Crippen molar-refractivity contribution in [2.45, 2.75) is 59.7 Å². The Morgan fingerprint density at radius 1 is 0.374 bits per heavy atom. The van der Waals surface area contributed by atoms with E-state index in [2.05, 4.69) is 172 Å². The SMILES string of the molecule is CCOC(=O)c1ccccc1-c1cc2sc(-c3ccccc3C(=O)OCC)cc2s1.Cc1ccc(Br)cc1.Cc1ccc(C(O)(c2ccc(C)cc2)c2ccccc2-c2cc3sc(-c4ccccc4C(O)(c4ccc(C)cc4)c4ccc(C)cc4)cc3s2)cc1.[H-].[H-].[Mg+2]. The zero-order valence-corrected chi connectivity index (χ0v) is 58.0. The molecule has 91 heavy (non-hydrogen) atoms. The van der Waals surface area contributed by atoms with E-state index in [1.54, 1.807) is 71.3 Å². The molecule has 0 fully saturated rings. The topological polar surface area (TPSA) is 93.1 Å². The van der Waals surface area contributed by atoms with Crippen LogP contribution in [0.15, 0.2) is 247 Å². The van der Waals surface area contributed by atoms with E-state index < -0.39 is 11.2 Å². The monoisotopic (exact) mass is 1340 g/mol. The van der Waals surface area contributed by atoms with E-state index >= 15 is 0 Å². The van der Waals surface area contributed by atoms with Crippen molar-refractivity contribution in [1.82, 2.24) is 0 Å². The minimum Gasteiger partial charge on any atom is -1.00 e. The van der Waals surface area contributed by atoms with E-state index in [9.17, 15) is 19.8 Å². The number of fused-ring (bicyclic) bond motifs is 2. The van der Waals surface area contributed by atoms with E-state index in [0.717, 1.165) is 111 Å². The van der Waals surface area contributed by atoms with Crippen LogP contribution in [0, 0.1) is 34.6 Å². The Morgan fingerprint density at radius 3 is 0.890 bits per heavy atom. The third kappa shape index (κ3) is 14.4. The number of hydrogen-bond donors (Lipinski definition) is 2. The first-order valence-electron chi connectivity index (χ1n) is 29.8. The number of aryl methyl sites for hydroxylation is 5. The summed E-state index contributed by atoms with van der Waals surface area (Å²) in [6.45, 7) is 14.6. The first-order valence-corrected chi connectivity index (χ1v) is 33.9.